The van der Waals surface area contributed by atoms with Gasteiger partial charge in [-0.25, -0.2) is 18.4 Å². The first-order chi connectivity index (χ1) is 13.9. The lowest BCUT2D eigenvalue weighted by molar-refractivity contribution is -0.118. The Labute approximate surface area is 164 Å². The topological polar surface area (TPSA) is 92.7 Å². The van der Waals surface area contributed by atoms with E-state index in [0.717, 1.165) is 12.8 Å². The summed E-state index contributed by atoms with van der Waals surface area (Å²) in [6, 6.07) is 6.89. The van der Waals surface area contributed by atoms with E-state index in [4.69, 9.17) is 0 Å². The van der Waals surface area contributed by atoms with Gasteiger partial charge in [0, 0.05) is 12.3 Å². The molecule has 2 aromatic heterocycles. The first-order valence-electron chi connectivity index (χ1n) is 9.62. The SMILES string of the molecule is O=C(CC12CCCCC1C2(F)F)Nc1ccccc1-n1ncc2c(=O)[nH]cnc21. The van der Waals surface area contributed by atoms with Crippen LogP contribution in [0, 0.1) is 11.3 Å². The molecule has 9 heteroatoms. The van der Waals surface area contributed by atoms with Gasteiger partial charge < -0.3 is 10.3 Å². The van der Waals surface area contributed by atoms with E-state index >= 15 is 0 Å². The van der Waals surface area contributed by atoms with Crippen LogP contribution in [0.15, 0.2) is 41.6 Å². The van der Waals surface area contributed by atoms with Gasteiger partial charge in [-0.3, -0.25) is 9.59 Å². The van der Waals surface area contributed by atoms with Crippen molar-refractivity contribution in [1.82, 2.24) is 19.7 Å². The molecule has 2 saturated carbocycles. The van der Waals surface area contributed by atoms with Crippen molar-refractivity contribution in [2.45, 2.75) is 38.0 Å². The van der Waals surface area contributed by atoms with Crippen LogP contribution in [0.2, 0.25) is 0 Å². The van der Waals surface area contributed by atoms with Crippen molar-refractivity contribution in [2.24, 2.45) is 11.3 Å². The lowest BCUT2D eigenvalue weighted by atomic mass is 9.85. The first kappa shape index (κ1) is 18.0. The molecule has 29 heavy (non-hydrogen) atoms. The second-order valence-corrected chi connectivity index (χ2v) is 7.84. The Morgan fingerprint density at radius 2 is 2.14 bits per heavy atom. The zero-order valence-electron chi connectivity index (χ0n) is 15.5. The van der Waals surface area contributed by atoms with Crippen LogP contribution < -0.4 is 10.9 Å². The number of carbonyl (C=O) groups excluding carboxylic acids is 1. The van der Waals surface area contributed by atoms with Crippen LogP contribution in [-0.4, -0.2) is 31.6 Å². The highest BCUT2D eigenvalue weighted by atomic mass is 19.3. The van der Waals surface area contributed by atoms with E-state index in [2.05, 4.69) is 20.4 Å². The predicted octanol–water partition coefficient (Wildman–Crippen LogP) is 3.26. The summed E-state index contributed by atoms with van der Waals surface area (Å²) in [6.45, 7) is 0. The van der Waals surface area contributed by atoms with Crippen molar-refractivity contribution < 1.29 is 13.6 Å². The third kappa shape index (κ3) is 2.60. The summed E-state index contributed by atoms with van der Waals surface area (Å²) in [5, 5.41) is 7.30. The molecular weight excluding hydrogens is 380 g/mol. The van der Waals surface area contributed by atoms with E-state index in [1.807, 2.05) is 0 Å². The molecule has 2 atom stereocenters. The molecule has 2 aliphatic carbocycles. The Kier molecular flexibility index (Phi) is 3.84. The average Bonchev–Trinajstić information content (AvgIpc) is 3.00. The molecule has 2 unspecified atom stereocenters. The maximum atomic E-state index is 14.3. The van der Waals surface area contributed by atoms with Gasteiger partial charge in [-0.15, -0.1) is 0 Å². The Morgan fingerprint density at radius 3 is 2.97 bits per heavy atom. The van der Waals surface area contributed by atoms with Gasteiger partial charge in [-0.1, -0.05) is 25.0 Å². The standard InChI is InChI=1S/C20H19F2N5O2/c21-20(22)15-7-3-4-8-19(15,20)9-16(28)26-13-5-1-2-6-14(13)27-17-12(10-25-27)18(29)24-11-23-17/h1-2,5-6,10-11,15H,3-4,7-9H2,(H,26,28)(H,23,24,29). The van der Waals surface area contributed by atoms with Crippen LogP contribution in [0.3, 0.4) is 0 Å². The van der Waals surface area contributed by atoms with Crippen molar-refractivity contribution in [2.75, 3.05) is 5.32 Å². The molecule has 1 amide bonds. The Morgan fingerprint density at radius 1 is 1.31 bits per heavy atom. The van der Waals surface area contributed by atoms with Crippen LogP contribution in [0.25, 0.3) is 16.7 Å². The number of rotatable bonds is 4. The largest absolute Gasteiger partial charge is 0.324 e. The van der Waals surface area contributed by atoms with Gasteiger partial charge in [-0.05, 0) is 25.0 Å². The molecule has 0 saturated heterocycles. The number of aromatic amines is 1. The highest BCUT2D eigenvalue weighted by molar-refractivity contribution is 5.94. The molecule has 2 heterocycles. The monoisotopic (exact) mass is 399 g/mol. The van der Waals surface area contributed by atoms with E-state index in [0.29, 0.717) is 35.2 Å². The van der Waals surface area contributed by atoms with Crippen LogP contribution in [-0.2, 0) is 4.79 Å². The average molecular weight is 399 g/mol. The Hall–Kier alpha value is -3.10. The van der Waals surface area contributed by atoms with E-state index in [1.54, 1.807) is 24.3 Å². The number of halogens is 2. The molecule has 0 aliphatic heterocycles. The molecule has 5 rings (SSSR count). The number of aromatic nitrogens is 4. The third-order valence-electron chi connectivity index (χ3n) is 6.30. The molecule has 2 fully saturated rings. The minimum Gasteiger partial charge on any atom is -0.324 e. The predicted molar refractivity (Wildman–Crippen MR) is 102 cm³/mol. The van der Waals surface area contributed by atoms with Crippen LogP contribution in [0.1, 0.15) is 32.1 Å². The number of hydrogen-bond donors (Lipinski definition) is 2. The summed E-state index contributed by atoms with van der Waals surface area (Å²) in [6.07, 6.45) is 4.88. The van der Waals surface area contributed by atoms with Crippen LogP contribution in [0.5, 0.6) is 0 Å². The second kappa shape index (κ2) is 6.20. The summed E-state index contributed by atoms with van der Waals surface area (Å²) in [5.41, 5.74) is -0.236. The lowest BCUT2D eigenvalue weighted by Gasteiger charge is -2.20. The van der Waals surface area contributed by atoms with Crippen molar-refractivity contribution in [3.05, 3.63) is 47.1 Å². The van der Waals surface area contributed by atoms with Gasteiger partial charge in [0.25, 0.3) is 11.5 Å². The highest BCUT2D eigenvalue weighted by Gasteiger charge is 2.80. The van der Waals surface area contributed by atoms with Crippen molar-refractivity contribution in [1.29, 1.82) is 0 Å². The number of amides is 1. The van der Waals surface area contributed by atoms with E-state index in [9.17, 15) is 18.4 Å². The number of fused-ring (bicyclic) bond motifs is 2. The van der Waals surface area contributed by atoms with Gasteiger partial charge in [0.2, 0.25) is 5.91 Å². The zero-order valence-corrected chi connectivity index (χ0v) is 15.5. The number of H-pyrrole nitrogens is 1. The van der Waals surface area contributed by atoms with Crippen molar-refractivity contribution in [3.8, 4) is 5.69 Å². The fourth-order valence-electron chi connectivity index (χ4n) is 4.79. The molecule has 2 N–H and O–H groups in total. The lowest BCUT2D eigenvalue weighted by Crippen LogP contribution is -2.23. The number of carbonyl (C=O) groups is 1. The van der Waals surface area contributed by atoms with E-state index in [1.165, 1.54) is 17.2 Å². The highest BCUT2D eigenvalue weighted by Crippen LogP contribution is 2.73. The molecule has 0 radical (unpaired) electrons. The maximum Gasteiger partial charge on any atom is 0.261 e. The zero-order chi connectivity index (χ0) is 20.2. The van der Waals surface area contributed by atoms with Gasteiger partial charge in [0.1, 0.15) is 5.39 Å². The quantitative estimate of drug-likeness (QED) is 0.704. The van der Waals surface area contributed by atoms with Crippen LogP contribution in [0.4, 0.5) is 14.5 Å². The molecule has 2 aliphatic rings. The van der Waals surface area contributed by atoms with Gasteiger partial charge >= 0.3 is 0 Å². The molecule has 0 bridgehead atoms. The number of anilines is 1. The first-order valence-corrected chi connectivity index (χ1v) is 9.62. The maximum absolute atomic E-state index is 14.3. The Balaban J connectivity index is 1.44. The number of para-hydroxylation sites is 2. The molecule has 1 aromatic carbocycles. The molecule has 3 aromatic rings. The summed E-state index contributed by atoms with van der Waals surface area (Å²) in [4.78, 5) is 31.3. The number of benzene rings is 1. The molecule has 7 nitrogen and oxygen atoms in total. The van der Waals surface area contributed by atoms with Crippen molar-refractivity contribution >= 4 is 22.6 Å². The van der Waals surface area contributed by atoms with E-state index < -0.39 is 23.2 Å². The smallest absolute Gasteiger partial charge is 0.261 e. The fourth-order valence-corrected chi connectivity index (χ4v) is 4.79. The second-order valence-electron chi connectivity index (χ2n) is 7.84. The van der Waals surface area contributed by atoms with E-state index in [-0.39, 0.29) is 12.0 Å². The summed E-state index contributed by atoms with van der Waals surface area (Å²) < 4.78 is 30.1. The fraction of sp³-hybridized carbons (Fsp3) is 0.400. The van der Waals surface area contributed by atoms with Crippen LogP contribution >= 0.6 is 0 Å². The molecular formula is C20H19F2N5O2. The summed E-state index contributed by atoms with van der Waals surface area (Å²) >= 11 is 0. The van der Waals surface area contributed by atoms with Gasteiger partial charge in [0.05, 0.1) is 29.3 Å². The normalized spacial score (nSPS) is 24.8. The third-order valence-corrected chi connectivity index (χ3v) is 6.30. The summed E-state index contributed by atoms with van der Waals surface area (Å²) in [7, 11) is 0. The number of nitrogens with one attached hydrogen (secondary N) is 2. The minimum absolute atomic E-state index is 0.198. The Bertz CT molecular complexity index is 1170. The van der Waals surface area contributed by atoms with Crippen molar-refractivity contribution in [3.63, 3.8) is 0 Å². The molecule has 150 valence electrons. The molecule has 0 spiro atoms. The number of hydrogen-bond acceptors (Lipinski definition) is 4. The minimum atomic E-state index is -2.76. The van der Waals surface area contributed by atoms with Gasteiger partial charge in [0.15, 0.2) is 5.65 Å². The number of nitrogens with zero attached hydrogens (tertiary/aromatic N) is 3. The summed E-state index contributed by atoms with van der Waals surface area (Å²) in [5.74, 6) is -3.89. The number of alkyl halides is 2. The van der Waals surface area contributed by atoms with Gasteiger partial charge in [-0.2, -0.15) is 5.10 Å².